The van der Waals surface area contributed by atoms with Crippen LogP contribution in [0, 0.1) is 17.0 Å². The molecular weight excluding hydrogens is 412 g/mol. The zero-order valence-corrected chi connectivity index (χ0v) is 15.5. The van der Waals surface area contributed by atoms with Crippen LogP contribution in [-0.2, 0) is 4.74 Å². The van der Waals surface area contributed by atoms with E-state index in [1.54, 1.807) is 25.1 Å². The first kappa shape index (κ1) is 18.5. The van der Waals surface area contributed by atoms with E-state index in [0.717, 1.165) is 0 Å². The number of halogens is 1. The molecule has 1 fully saturated rings. The average Bonchev–Trinajstić information content (AvgIpc) is 2.97. The molecule has 138 valence electrons. The van der Waals surface area contributed by atoms with Gasteiger partial charge in [-0.1, -0.05) is 0 Å². The molecule has 26 heavy (non-hydrogen) atoms. The third kappa shape index (κ3) is 3.77. The van der Waals surface area contributed by atoms with Crippen molar-refractivity contribution in [1.29, 1.82) is 0 Å². The van der Waals surface area contributed by atoms with Crippen LogP contribution in [0.5, 0.6) is 0 Å². The van der Waals surface area contributed by atoms with Crippen LogP contribution in [0.4, 0.5) is 10.1 Å². The predicted octanol–water partition coefficient (Wildman–Crippen LogP) is 0.827. The van der Waals surface area contributed by atoms with Crippen molar-refractivity contribution in [2.24, 2.45) is 0 Å². The van der Waals surface area contributed by atoms with Crippen molar-refractivity contribution >= 4 is 25.1 Å². The fraction of sp³-hybridized carbons (Fsp3) is 0.375. The number of alkyl halides is 1. The van der Waals surface area contributed by atoms with Crippen LogP contribution in [0.2, 0.25) is 5.32 Å². The van der Waals surface area contributed by atoms with Gasteiger partial charge in [-0.15, -0.1) is 0 Å². The molecule has 3 rings (SSSR count). The third-order valence-electron chi connectivity index (χ3n) is 4.08. The summed E-state index contributed by atoms with van der Waals surface area (Å²) in [5.41, 5.74) is -0.791. The van der Waals surface area contributed by atoms with E-state index in [2.05, 4.69) is 4.98 Å². The quantitative estimate of drug-likeness (QED) is 0.431. The molecule has 1 unspecified atom stereocenters. The normalized spacial score (nSPS) is 22.5. The Bertz CT molecular complexity index is 944. The van der Waals surface area contributed by atoms with Crippen molar-refractivity contribution in [3.05, 3.63) is 67.0 Å². The van der Waals surface area contributed by atoms with Crippen LogP contribution in [0.1, 0.15) is 18.2 Å². The molecule has 0 spiro atoms. The van der Waals surface area contributed by atoms with Crippen LogP contribution in [0.25, 0.3) is 0 Å². The van der Waals surface area contributed by atoms with Crippen molar-refractivity contribution in [3.8, 4) is 0 Å². The second-order valence-corrected chi connectivity index (χ2v) is 8.12. The van der Waals surface area contributed by atoms with Crippen molar-refractivity contribution in [1.82, 2.24) is 9.55 Å². The van der Waals surface area contributed by atoms with Gasteiger partial charge in [0.25, 0.3) is 0 Å². The second-order valence-electron chi connectivity index (χ2n) is 5.90. The maximum absolute atomic E-state index is 14.4. The molecule has 1 aromatic carbocycles. The summed E-state index contributed by atoms with van der Waals surface area (Å²) in [7, 11) is 0. The average molecular weight is 428 g/mol. The van der Waals surface area contributed by atoms with E-state index in [-0.39, 0.29) is 27.1 Å². The number of hydrogen-bond acceptors (Lipinski definition) is 5. The summed E-state index contributed by atoms with van der Waals surface area (Å²) >= 11 is -0.348. The topological polar surface area (TPSA) is 107 Å². The minimum atomic E-state index is -1.29. The van der Waals surface area contributed by atoms with Crippen molar-refractivity contribution < 1.29 is 14.1 Å². The van der Waals surface area contributed by atoms with E-state index in [1.165, 1.54) is 16.8 Å². The van der Waals surface area contributed by atoms with Crippen molar-refractivity contribution in [3.63, 3.8) is 0 Å². The van der Waals surface area contributed by atoms with E-state index < -0.39 is 34.7 Å². The number of nitrogens with zero attached hydrogens (tertiary/aromatic N) is 2. The van der Waals surface area contributed by atoms with Gasteiger partial charge in [-0.3, -0.25) is 0 Å². The molecule has 1 N–H and O–H groups in total. The molecule has 2 aromatic rings. The summed E-state index contributed by atoms with van der Waals surface area (Å²) in [5, 5.41) is 11.4. The zero-order chi connectivity index (χ0) is 18.8. The number of nitro benzene ring substituents is 1. The summed E-state index contributed by atoms with van der Waals surface area (Å²) in [4.78, 5) is 36.1. The number of benzene rings is 1. The first-order valence-electron chi connectivity index (χ1n) is 7.84. The molecule has 1 aromatic heterocycles. The Balaban J connectivity index is 1.72. The second kappa shape index (κ2) is 7.53. The van der Waals surface area contributed by atoms with E-state index in [1.807, 2.05) is 0 Å². The molecule has 0 saturated carbocycles. The monoisotopic (exact) mass is 429 g/mol. The number of aromatic nitrogens is 2. The first-order chi connectivity index (χ1) is 12.4. The van der Waals surface area contributed by atoms with Crippen molar-refractivity contribution in [2.45, 2.75) is 37.2 Å². The van der Waals surface area contributed by atoms with Crippen LogP contribution in [0.3, 0.4) is 0 Å². The fourth-order valence-electron chi connectivity index (χ4n) is 2.71. The number of hydrogen-bond donors (Lipinski definition) is 1. The molecule has 0 bridgehead atoms. The van der Waals surface area contributed by atoms with E-state index in [0.29, 0.717) is 15.3 Å². The molecule has 3 atom stereocenters. The Morgan fingerprint density at radius 3 is 2.88 bits per heavy atom. The molecular formula is C16H16FN3O5Se. The van der Waals surface area contributed by atoms with Gasteiger partial charge in [-0.25, -0.2) is 0 Å². The molecule has 0 aliphatic carbocycles. The van der Waals surface area contributed by atoms with Gasteiger partial charge in [0.1, 0.15) is 0 Å². The summed E-state index contributed by atoms with van der Waals surface area (Å²) < 4.78 is 21.8. The summed E-state index contributed by atoms with van der Waals surface area (Å²) in [6, 6.07) is 6.37. The van der Waals surface area contributed by atoms with Crippen LogP contribution < -0.4 is 15.7 Å². The molecule has 1 saturated heterocycles. The van der Waals surface area contributed by atoms with Gasteiger partial charge in [0.15, 0.2) is 0 Å². The number of para-hydroxylation sites is 1. The Morgan fingerprint density at radius 1 is 1.42 bits per heavy atom. The minimum absolute atomic E-state index is 0.0109. The number of ether oxygens (including phenoxy) is 1. The van der Waals surface area contributed by atoms with Gasteiger partial charge < -0.3 is 0 Å². The van der Waals surface area contributed by atoms with E-state index >= 15 is 0 Å². The Labute approximate surface area is 153 Å². The molecule has 1 aliphatic rings. The summed E-state index contributed by atoms with van der Waals surface area (Å²) in [6.45, 7) is 1.55. The predicted molar refractivity (Wildman–Crippen MR) is 92.8 cm³/mol. The first-order valence-corrected chi connectivity index (χ1v) is 9.91. The summed E-state index contributed by atoms with van der Waals surface area (Å²) in [5.74, 6) is 0. The number of nitro groups is 1. The fourth-order valence-corrected chi connectivity index (χ4v) is 5.01. The molecule has 2 heterocycles. The Kier molecular flexibility index (Phi) is 5.36. The van der Waals surface area contributed by atoms with Gasteiger partial charge >= 0.3 is 153 Å². The molecule has 10 heteroatoms. The molecule has 0 radical (unpaired) electrons. The zero-order valence-electron chi connectivity index (χ0n) is 13.8. The van der Waals surface area contributed by atoms with Gasteiger partial charge in [0.2, 0.25) is 0 Å². The number of nitrogens with one attached hydrogen (secondary N) is 1. The standard InChI is InChI=1S/C16H16FN3O5Se/c1-9-7-19(16(22)18-15(9)21)14-6-10(17)12(25-14)8-26-13-5-3-2-4-11(13)20(23)24/h2-5,7,10,12,14H,6,8H2,1H3,(H,18,21,22)/t10?,12-,14-/m1/s1. The van der Waals surface area contributed by atoms with Gasteiger partial charge in [0.05, 0.1) is 0 Å². The summed E-state index contributed by atoms with van der Waals surface area (Å²) in [6.07, 6.45) is -1.50. The van der Waals surface area contributed by atoms with Gasteiger partial charge in [-0.2, -0.15) is 0 Å². The number of aryl methyl sites for hydroxylation is 1. The van der Waals surface area contributed by atoms with Crippen molar-refractivity contribution in [2.75, 3.05) is 0 Å². The number of rotatable bonds is 5. The van der Waals surface area contributed by atoms with Gasteiger partial charge in [-0.05, 0) is 0 Å². The molecule has 0 amide bonds. The van der Waals surface area contributed by atoms with E-state index in [4.69, 9.17) is 4.74 Å². The van der Waals surface area contributed by atoms with Crippen LogP contribution in [-0.4, -0.2) is 41.7 Å². The third-order valence-corrected chi connectivity index (χ3v) is 6.50. The Morgan fingerprint density at radius 2 is 2.15 bits per heavy atom. The number of H-pyrrole nitrogens is 1. The van der Waals surface area contributed by atoms with Crippen LogP contribution >= 0.6 is 0 Å². The molecule has 8 nitrogen and oxygen atoms in total. The van der Waals surface area contributed by atoms with E-state index in [9.17, 15) is 24.1 Å². The Hall–Kier alpha value is -2.29. The maximum atomic E-state index is 14.4. The van der Waals surface area contributed by atoms with Gasteiger partial charge in [0, 0.05) is 0 Å². The number of aromatic amines is 1. The SMILES string of the molecule is Cc1cn([C@H]2CC(F)[C@@H](C[Se]c3ccccc3[N+](=O)[O-])O2)c(=O)[nH]c1=O. The molecule has 1 aliphatic heterocycles. The van der Waals surface area contributed by atoms with Crippen LogP contribution in [0.15, 0.2) is 40.1 Å².